The second-order valence-electron chi connectivity index (χ2n) is 5.46. The first-order valence-corrected chi connectivity index (χ1v) is 8.02. The number of carbonyl (C=O) groups excluding carboxylic acids is 1. The van der Waals surface area contributed by atoms with Crippen molar-refractivity contribution >= 4 is 17.4 Å². The summed E-state index contributed by atoms with van der Waals surface area (Å²) < 4.78 is 6.99. The van der Waals surface area contributed by atoms with Crippen LogP contribution in [0.2, 0.25) is 0 Å². The maximum absolute atomic E-state index is 11.6. The van der Waals surface area contributed by atoms with E-state index in [1.54, 1.807) is 0 Å². The van der Waals surface area contributed by atoms with E-state index in [1.165, 1.54) is 18.4 Å². The molecule has 0 aromatic carbocycles. The summed E-state index contributed by atoms with van der Waals surface area (Å²) in [7, 11) is 0. The van der Waals surface area contributed by atoms with Gasteiger partial charge in [0.1, 0.15) is 18.0 Å². The fourth-order valence-electron chi connectivity index (χ4n) is 2.47. The SMILES string of the molecule is CCCCCc1nc2cc(C)ccn2c1NCC(=O)OCC. The Labute approximate surface area is 131 Å². The van der Waals surface area contributed by atoms with Gasteiger partial charge in [-0.05, 0) is 44.4 Å². The first kappa shape index (κ1) is 16.3. The van der Waals surface area contributed by atoms with Crippen LogP contribution in [0.1, 0.15) is 44.4 Å². The standard InChI is InChI=1S/C17H25N3O2/c1-4-6-7-8-14-17(18-12-16(21)22-5-2)20-10-9-13(3)11-15(20)19-14/h9-11,18H,4-8,12H2,1-3H3. The number of fused-ring (bicyclic) bond motifs is 1. The minimum Gasteiger partial charge on any atom is -0.465 e. The zero-order valence-corrected chi connectivity index (χ0v) is 13.7. The van der Waals surface area contributed by atoms with Gasteiger partial charge in [0.2, 0.25) is 0 Å². The van der Waals surface area contributed by atoms with E-state index in [-0.39, 0.29) is 12.5 Å². The highest BCUT2D eigenvalue weighted by molar-refractivity contribution is 5.75. The van der Waals surface area contributed by atoms with Crippen molar-refractivity contribution in [1.29, 1.82) is 0 Å². The van der Waals surface area contributed by atoms with Gasteiger partial charge in [-0.3, -0.25) is 9.20 Å². The summed E-state index contributed by atoms with van der Waals surface area (Å²) in [6.07, 6.45) is 6.38. The smallest absolute Gasteiger partial charge is 0.325 e. The summed E-state index contributed by atoms with van der Waals surface area (Å²) >= 11 is 0. The molecular formula is C17H25N3O2. The molecule has 2 rings (SSSR count). The molecule has 22 heavy (non-hydrogen) atoms. The third-order valence-corrected chi connectivity index (χ3v) is 3.58. The van der Waals surface area contributed by atoms with Gasteiger partial charge < -0.3 is 10.1 Å². The van der Waals surface area contributed by atoms with E-state index in [9.17, 15) is 4.79 Å². The lowest BCUT2D eigenvalue weighted by molar-refractivity contribution is -0.140. The Kier molecular flexibility index (Phi) is 5.81. The second kappa shape index (κ2) is 7.82. The highest BCUT2D eigenvalue weighted by Crippen LogP contribution is 2.21. The summed E-state index contributed by atoms with van der Waals surface area (Å²) in [5.41, 5.74) is 3.11. The minimum absolute atomic E-state index is 0.163. The van der Waals surface area contributed by atoms with Gasteiger partial charge in [-0.25, -0.2) is 4.98 Å². The molecule has 0 fully saturated rings. The lowest BCUT2D eigenvalue weighted by Gasteiger charge is -2.08. The van der Waals surface area contributed by atoms with Crippen LogP contribution in [0.5, 0.6) is 0 Å². The molecule has 5 nitrogen and oxygen atoms in total. The quantitative estimate of drug-likeness (QED) is 0.600. The molecule has 0 aliphatic rings. The van der Waals surface area contributed by atoms with Gasteiger partial charge in [-0.15, -0.1) is 0 Å². The number of esters is 1. The molecule has 0 amide bonds. The average molecular weight is 303 g/mol. The first-order chi connectivity index (χ1) is 10.7. The highest BCUT2D eigenvalue weighted by atomic mass is 16.5. The molecule has 5 heteroatoms. The van der Waals surface area contributed by atoms with E-state index in [0.29, 0.717) is 6.61 Å². The Bertz CT molecular complexity index is 634. The minimum atomic E-state index is -0.246. The summed E-state index contributed by atoms with van der Waals surface area (Å²) in [5.74, 6) is 0.656. The molecule has 0 saturated carbocycles. The monoisotopic (exact) mass is 303 g/mol. The Hall–Kier alpha value is -2.04. The number of aromatic nitrogens is 2. The summed E-state index contributed by atoms with van der Waals surface area (Å²) in [6.45, 7) is 6.61. The first-order valence-electron chi connectivity index (χ1n) is 8.02. The number of hydrogen-bond acceptors (Lipinski definition) is 4. The van der Waals surface area contributed by atoms with Crippen molar-refractivity contribution in [3.8, 4) is 0 Å². The van der Waals surface area contributed by atoms with Gasteiger partial charge in [-0.2, -0.15) is 0 Å². The Morgan fingerprint density at radius 2 is 2.18 bits per heavy atom. The lowest BCUT2D eigenvalue weighted by atomic mass is 10.1. The molecule has 1 N–H and O–H groups in total. The number of nitrogens with one attached hydrogen (secondary N) is 1. The van der Waals surface area contributed by atoms with Gasteiger partial charge >= 0.3 is 5.97 Å². The van der Waals surface area contributed by atoms with Crippen LogP contribution in [-0.4, -0.2) is 28.5 Å². The number of carbonyl (C=O) groups is 1. The zero-order valence-electron chi connectivity index (χ0n) is 13.7. The van der Waals surface area contributed by atoms with Gasteiger partial charge in [0, 0.05) is 6.20 Å². The zero-order chi connectivity index (χ0) is 15.9. The van der Waals surface area contributed by atoms with Crippen molar-refractivity contribution in [1.82, 2.24) is 9.38 Å². The second-order valence-corrected chi connectivity index (χ2v) is 5.46. The predicted octanol–water partition coefficient (Wildman–Crippen LogP) is 3.35. The summed E-state index contributed by atoms with van der Waals surface area (Å²) in [4.78, 5) is 16.3. The van der Waals surface area contributed by atoms with Crippen molar-refractivity contribution in [3.05, 3.63) is 29.6 Å². The topological polar surface area (TPSA) is 55.6 Å². The molecule has 0 saturated heterocycles. The summed E-state index contributed by atoms with van der Waals surface area (Å²) in [6, 6.07) is 4.10. The molecule has 120 valence electrons. The molecule has 2 aromatic heterocycles. The van der Waals surface area contributed by atoms with Crippen molar-refractivity contribution in [2.75, 3.05) is 18.5 Å². The molecule has 0 aliphatic carbocycles. The Balaban J connectivity index is 2.22. The van der Waals surface area contributed by atoms with E-state index >= 15 is 0 Å². The van der Waals surface area contributed by atoms with Gasteiger partial charge in [0.25, 0.3) is 0 Å². The van der Waals surface area contributed by atoms with E-state index < -0.39 is 0 Å². The van der Waals surface area contributed by atoms with Crippen LogP contribution < -0.4 is 5.32 Å². The number of imidazole rings is 1. The van der Waals surface area contributed by atoms with Gasteiger partial charge in [0.05, 0.1) is 12.3 Å². The third kappa shape index (κ3) is 4.00. The molecule has 0 unspecified atom stereocenters. The number of unbranched alkanes of at least 4 members (excludes halogenated alkanes) is 2. The number of pyridine rings is 1. The van der Waals surface area contributed by atoms with Crippen LogP contribution in [0, 0.1) is 6.92 Å². The van der Waals surface area contributed by atoms with E-state index in [0.717, 1.165) is 30.0 Å². The maximum atomic E-state index is 11.6. The molecule has 2 heterocycles. The number of hydrogen-bond donors (Lipinski definition) is 1. The van der Waals surface area contributed by atoms with E-state index in [2.05, 4.69) is 25.2 Å². The molecule has 0 atom stereocenters. The fraction of sp³-hybridized carbons (Fsp3) is 0.529. The normalized spacial score (nSPS) is 10.9. The largest absolute Gasteiger partial charge is 0.465 e. The molecule has 0 bridgehead atoms. The van der Waals surface area contributed by atoms with Gasteiger partial charge in [-0.1, -0.05) is 19.8 Å². The Morgan fingerprint density at radius 3 is 2.91 bits per heavy atom. The number of rotatable bonds is 8. The predicted molar refractivity (Wildman–Crippen MR) is 88.3 cm³/mol. The third-order valence-electron chi connectivity index (χ3n) is 3.58. The van der Waals surface area contributed by atoms with Crippen LogP contribution in [0.25, 0.3) is 5.65 Å². The van der Waals surface area contributed by atoms with Crippen molar-refractivity contribution in [2.45, 2.75) is 46.5 Å². The van der Waals surface area contributed by atoms with Crippen LogP contribution in [0.4, 0.5) is 5.82 Å². The van der Waals surface area contributed by atoms with Crippen molar-refractivity contribution in [2.24, 2.45) is 0 Å². The van der Waals surface area contributed by atoms with Gasteiger partial charge in [0.15, 0.2) is 0 Å². The molecular weight excluding hydrogens is 278 g/mol. The number of nitrogens with zero attached hydrogens (tertiary/aromatic N) is 2. The van der Waals surface area contributed by atoms with Crippen LogP contribution in [0.3, 0.4) is 0 Å². The van der Waals surface area contributed by atoms with E-state index in [4.69, 9.17) is 9.72 Å². The number of aryl methyl sites for hydroxylation is 2. The lowest BCUT2D eigenvalue weighted by Crippen LogP contribution is -2.18. The van der Waals surface area contributed by atoms with Crippen molar-refractivity contribution < 1.29 is 9.53 Å². The Morgan fingerprint density at radius 1 is 1.36 bits per heavy atom. The number of anilines is 1. The van der Waals surface area contributed by atoms with E-state index in [1.807, 2.05) is 23.6 Å². The summed E-state index contributed by atoms with van der Waals surface area (Å²) in [5, 5.41) is 3.19. The molecule has 0 spiro atoms. The van der Waals surface area contributed by atoms with Crippen LogP contribution in [0.15, 0.2) is 18.3 Å². The molecule has 0 radical (unpaired) electrons. The highest BCUT2D eigenvalue weighted by Gasteiger charge is 2.13. The number of ether oxygens (including phenoxy) is 1. The molecule has 0 aliphatic heterocycles. The van der Waals surface area contributed by atoms with Crippen LogP contribution >= 0.6 is 0 Å². The average Bonchev–Trinajstić information content (AvgIpc) is 2.82. The van der Waals surface area contributed by atoms with Crippen LogP contribution in [-0.2, 0) is 16.0 Å². The van der Waals surface area contributed by atoms with Crippen molar-refractivity contribution in [3.63, 3.8) is 0 Å². The fourth-order valence-corrected chi connectivity index (χ4v) is 2.47. The maximum Gasteiger partial charge on any atom is 0.325 e. The molecule has 2 aromatic rings.